The van der Waals surface area contributed by atoms with Gasteiger partial charge in [-0.3, -0.25) is 9.69 Å². The van der Waals surface area contributed by atoms with Gasteiger partial charge in [0.25, 0.3) is 0 Å². The lowest BCUT2D eigenvalue weighted by Crippen LogP contribution is -2.39. The van der Waals surface area contributed by atoms with E-state index in [4.69, 9.17) is 9.47 Å². The Hall–Kier alpha value is -2.53. The van der Waals surface area contributed by atoms with Crippen molar-refractivity contribution in [2.24, 2.45) is 0 Å². The molecule has 0 aliphatic carbocycles. The summed E-state index contributed by atoms with van der Waals surface area (Å²) in [7, 11) is 5.26. The molecule has 2 rings (SSSR count). The number of rotatable bonds is 7. The topological polar surface area (TPSA) is 50.8 Å². The number of carbonyl (C=O) groups excluding carboxylic acids is 1. The van der Waals surface area contributed by atoms with E-state index in [9.17, 15) is 4.79 Å². The first kappa shape index (κ1) is 19.8. The minimum absolute atomic E-state index is 0.0420. The van der Waals surface area contributed by atoms with Crippen LogP contribution in [-0.2, 0) is 11.3 Å². The summed E-state index contributed by atoms with van der Waals surface area (Å²) in [4.78, 5) is 14.6. The molecule has 1 N–H and O–H groups in total. The fourth-order valence-electron chi connectivity index (χ4n) is 3.00. The number of anilines is 1. The van der Waals surface area contributed by atoms with Crippen LogP contribution in [0.2, 0.25) is 0 Å². The molecule has 0 aromatic heterocycles. The number of aryl methyl sites for hydroxylation is 2. The molecule has 26 heavy (non-hydrogen) atoms. The highest BCUT2D eigenvalue weighted by atomic mass is 16.5. The molecule has 2 aromatic rings. The number of hydrogen-bond acceptors (Lipinski definition) is 4. The molecule has 2 aromatic carbocycles. The number of nitrogens with one attached hydrogen (secondary N) is 1. The van der Waals surface area contributed by atoms with E-state index in [0.29, 0.717) is 6.54 Å². The third-order valence-electron chi connectivity index (χ3n) is 4.55. The van der Waals surface area contributed by atoms with Crippen molar-refractivity contribution in [3.05, 3.63) is 53.1 Å². The van der Waals surface area contributed by atoms with Gasteiger partial charge in [-0.2, -0.15) is 0 Å². The summed E-state index contributed by atoms with van der Waals surface area (Å²) in [6, 6.07) is 11.3. The number of likely N-dealkylation sites (N-methyl/N-ethyl adjacent to an activating group) is 1. The van der Waals surface area contributed by atoms with Crippen molar-refractivity contribution < 1.29 is 14.3 Å². The lowest BCUT2D eigenvalue weighted by atomic mass is 10.0. The molecular formula is C21H28N2O3. The molecule has 0 fully saturated rings. The van der Waals surface area contributed by atoms with E-state index in [1.54, 1.807) is 14.2 Å². The molecule has 0 bridgehead atoms. The molecule has 1 atom stereocenters. The standard InChI is InChI=1S/C21H28N2O3/c1-14-11-17(12-15(2)20(14)26-6)13-23(4)16(3)21(24)22-18-7-9-19(25-5)10-8-18/h7-12,16H,13H2,1-6H3,(H,22,24). The van der Waals surface area contributed by atoms with Gasteiger partial charge in [-0.1, -0.05) is 12.1 Å². The number of nitrogens with zero attached hydrogens (tertiary/aromatic N) is 1. The summed E-state index contributed by atoms with van der Waals surface area (Å²) in [6.07, 6.45) is 0. The first-order valence-electron chi connectivity index (χ1n) is 8.65. The van der Waals surface area contributed by atoms with Crippen LogP contribution in [0.15, 0.2) is 36.4 Å². The average Bonchev–Trinajstić information content (AvgIpc) is 2.61. The lowest BCUT2D eigenvalue weighted by Gasteiger charge is -2.24. The van der Waals surface area contributed by atoms with Gasteiger partial charge >= 0.3 is 0 Å². The first-order valence-corrected chi connectivity index (χ1v) is 8.65. The molecule has 1 unspecified atom stereocenters. The molecule has 0 radical (unpaired) electrons. The zero-order valence-corrected chi connectivity index (χ0v) is 16.4. The van der Waals surface area contributed by atoms with Crippen molar-refractivity contribution in [3.8, 4) is 11.5 Å². The maximum atomic E-state index is 12.5. The fraction of sp³-hybridized carbons (Fsp3) is 0.381. The Labute approximate surface area is 155 Å². The Bertz CT molecular complexity index is 733. The van der Waals surface area contributed by atoms with Gasteiger partial charge < -0.3 is 14.8 Å². The van der Waals surface area contributed by atoms with E-state index in [2.05, 4.69) is 17.4 Å². The van der Waals surface area contributed by atoms with E-state index in [1.165, 1.54) is 0 Å². The van der Waals surface area contributed by atoms with Crippen LogP contribution in [-0.4, -0.2) is 38.1 Å². The summed E-state index contributed by atoms with van der Waals surface area (Å²) in [6.45, 7) is 6.66. The number of methoxy groups -OCH3 is 2. The second kappa shape index (κ2) is 8.72. The highest BCUT2D eigenvalue weighted by molar-refractivity contribution is 5.94. The molecule has 0 saturated carbocycles. The molecular weight excluding hydrogens is 328 g/mol. The van der Waals surface area contributed by atoms with Crippen LogP contribution in [0, 0.1) is 13.8 Å². The maximum Gasteiger partial charge on any atom is 0.241 e. The third-order valence-corrected chi connectivity index (χ3v) is 4.55. The Morgan fingerprint density at radius 3 is 2.15 bits per heavy atom. The minimum Gasteiger partial charge on any atom is -0.497 e. The smallest absolute Gasteiger partial charge is 0.241 e. The Kier molecular flexibility index (Phi) is 6.64. The van der Waals surface area contributed by atoms with Crippen LogP contribution in [0.4, 0.5) is 5.69 Å². The summed E-state index contributed by atoms with van der Waals surface area (Å²) in [5.74, 6) is 1.64. The third kappa shape index (κ3) is 4.76. The van der Waals surface area contributed by atoms with E-state index in [-0.39, 0.29) is 11.9 Å². The van der Waals surface area contributed by atoms with Crippen molar-refractivity contribution >= 4 is 11.6 Å². The van der Waals surface area contributed by atoms with Crippen LogP contribution < -0.4 is 14.8 Å². The van der Waals surface area contributed by atoms with Crippen LogP contribution >= 0.6 is 0 Å². The maximum absolute atomic E-state index is 12.5. The fourth-order valence-corrected chi connectivity index (χ4v) is 3.00. The Morgan fingerprint density at radius 1 is 1.08 bits per heavy atom. The SMILES string of the molecule is COc1ccc(NC(=O)C(C)N(C)Cc2cc(C)c(OC)c(C)c2)cc1. The van der Waals surface area contributed by atoms with Crippen molar-refractivity contribution in [3.63, 3.8) is 0 Å². The monoisotopic (exact) mass is 356 g/mol. The number of hydrogen-bond donors (Lipinski definition) is 1. The number of amides is 1. The summed E-state index contributed by atoms with van der Waals surface area (Å²) in [5, 5.41) is 2.94. The van der Waals surface area contributed by atoms with Gasteiger partial charge in [-0.05, 0) is 68.8 Å². The predicted octanol–water partition coefficient (Wildman–Crippen LogP) is 3.78. The quantitative estimate of drug-likeness (QED) is 0.820. The van der Waals surface area contributed by atoms with Crippen molar-refractivity contribution in [1.82, 2.24) is 4.90 Å². The first-order chi connectivity index (χ1) is 12.3. The van der Waals surface area contributed by atoms with E-state index in [0.717, 1.165) is 33.9 Å². The van der Waals surface area contributed by atoms with Gasteiger partial charge in [0.2, 0.25) is 5.91 Å². The van der Waals surface area contributed by atoms with Crippen molar-refractivity contribution in [2.75, 3.05) is 26.6 Å². The van der Waals surface area contributed by atoms with Crippen LogP contribution in [0.5, 0.6) is 11.5 Å². The van der Waals surface area contributed by atoms with Crippen LogP contribution in [0.25, 0.3) is 0 Å². The van der Waals surface area contributed by atoms with Crippen molar-refractivity contribution in [1.29, 1.82) is 0 Å². The summed E-state index contributed by atoms with van der Waals surface area (Å²) >= 11 is 0. The highest BCUT2D eigenvalue weighted by Gasteiger charge is 2.19. The second-order valence-corrected chi connectivity index (χ2v) is 6.57. The van der Waals surface area contributed by atoms with E-state index < -0.39 is 0 Å². The molecule has 5 heteroatoms. The molecule has 0 heterocycles. The number of carbonyl (C=O) groups is 1. The number of benzene rings is 2. The van der Waals surface area contributed by atoms with Gasteiger partial charge in [0, 0.05) is 12.2 Å². The number of ether oxygens (including phenoxy) is 2. The zero-order valence-electron chi connectivity index (χ0n) is 16.4. The van der Waals surface area contributed by atoms with Gasteiger partial charge in [0.15, 0.2) is 0 Å². The largest absolute Gasteiger partial charge is 0.497 e. The predicted molar refractivity (Wildman–Crippen MR) is 105 cm³/mol. The van der Waals surface area contributed by atoms with Gasteiger partial charge in [-0.15, -0.1) is 0 Å². The minimum atomic E-state index is -0.264. The van der Waals surface area contributed by atoms with Crippen LogP contribution in [0.1, 0.15) is 23.6 Å². The average molecular weight is 356 g/mol. The van der Waals surface area contributed by atoms with Crippen molar-refractivity contribution in [2.45, 2.75) is 33.4 Å². The second-order valence-electron chi connectivity index (χ2n) is 6.57. The summed E-state index contributed by atoms with van der Waals surface area (Å²) < 4.78 is 10.5. The van der Waals surface area contributed by atoms with Gasteiger partial charge in [0.1, 0.15) is 11.5 Å². The molecule has 1 amide bonds. The van der Waals surface area contributed by atoms with Gasteiger partial charge in [0.05, 0.1) is 20.3 Å². The normalized spacial score (nSPS) is 12.0. The molecule has 0 aliphatic rings. The summed E-state index contributed by atoms with van der Waals surface area (Å²) in [5.41, 5.74) is 4.12. The van der Waals surface area contributed by atoms with Crippen LogP contribution in [0.3, 0.4) is 0 Å². The Morgan fingerprint density at radius 2 is 1.65 bits per heavy atom. The zero-order chi connectivity index (χ0) is 19.3. The van der Waals surface area contributed by atoms with E-state index in [1.807, 2.05) is 57.0 Å². The van der Waals surface area contributed by atoms with E-state index >= 15 is 0 Å². The molecule has 0 saturated heterocycles. The lowest BCUT2D eigenvalue weighted by molar-refractivity contribution is -0.120. The Balaban J connectivity index is 2.01. The van der Waals surface area contributed by atoms with Gasteiger partial charge in [-0.25, -0.2) is 0 Å². The molecule has 140 valence electrons. The molecule has 0 aliphatic heterocycles. The molecule has 0 spiro atoms. The molecule has 5 nitrogen and oxygen atoms in total. The highest BCUT2D eigenvalue weighted by Crippen LogP contribution is 2.25.